The average Bonchev–Trinajstić information content (AvgIpc) is 2.51. The number of nitrogens with zero attached hydrogens (tertiary/aromatic N) is 3. The second-order valence-corrected chi connectivity index (χ2v) is 5.86. The first-order chi connectivity index (χ1) is 7.89. The highest BCUT2D eigenvalue weighted by Gasteiger charge is 2.15. The quantitative estimate of drug-likeness (QED) is 0.756. The first-order valence-electron chi connectivity index (χ1n) is 5.07. The van der Waals surface area contributed by atoms with Crippen LogP contribution in [0.5, 0.6) is 0 Å². The lowest BCUT2D eigenvalue weighted by Crippen LogP contribution is -2.14. The molecule has 0 bridgehead atoms. The highest BCUT2D eigenvalue weighted by Crippen LogP contribution is 2.20. The van der Waals surface area contributed by atoms with Gasteiger partial charge in [0.1, 0.15) is 27.3 Å². The van der Waals surface area contributed by atoms with Crippen LogP contribution >= 0.6 is 0 Å². The summed E-state index contributed by atoms with van der Waals surface area (Å²) in [4.78, 5) is 0. The molecular weight excluding hydrogens is 242 g/mol. The van der Waals surface area contributed by atoms with Crippen molar-refractivity contribution in [1.82, 2.24) is 9.78 Å². The van der Waals surface area contributed by atoms with Gasteiger partial charge in [-0.25, -0.2) is 13.1 Å². The van der Waals surface area contributed by atoms with Crippen LogP contribution in [0, 0.1) is 11.3 Å². The van der Waals surface area contributed by atoms with Crippen LogP contribution in [0.2, 0.25) is 0 Å². The highest BCUT2D eigenvalue weighted by molar-refractivity contribution is 7.90. The van der Waals surface area contributed by atoms with Gasteiger partial charge in [-0.2, -0.15) is 10.4 Å². The fourth-order valence-electron chi connectivity index (χ4n) is 1.30. The molecule has 0 aliphatic rings. The van der Waals surface area contributed by atoms with Crippen LogP contribution in [0.3, 0.4) is 0 Å². The van der Waals surface area contributed by atoms with Crippen molar-refractivity contribution in [2.45, 2.75) is 13.5 Å². The molecule has 0 spiro atoms. The van der Waals surface area contributed by atoms with E-state index >= 15 is 0 Å². The van der Waals surface area contributed by atoms with Gasteiger partial charge >= 0.3 is 0 Å². The molecule has 3 N–H and O–H groups in total. The SMILES string of the molecule is CCNc1nn(CCS(C)(=O)=O)c(N)c1C#N. The summed E-state index contributed by atoms with van der Waals surface area (Å²) < 4.78 is 23.4. The third-order valence-electron chi connectivity index (χ3n) is 2.12. The Labute approximate surface area is 100 Å². The summed E-state index contributed by atoms with van der Waals surface area (Å²) in [5.74, 6) is 0.517. The molecule has 0 radical (unpaired) electrons. The normalized spacial score (nSPS) is 11.1. The maximum Gasteiger partial charge on any atom is 0.168 e. The number of sulfone groups is 1. The predicted molar refractivity (Wildman–Crippen MR) is 65.2 cm³/mol. The minimum atomic E-state index is -3.08. The molecule has 0 aromatic carbocycles. The summed E-state index contributed by atoms with van der Waals surface area (Å²) in [5, 5.41) is 15.9. The third-order valence-corrected chi connectivity index (χ3v) is 3.05. The van der Waals surface area contributed by atoms with Crippen LogP contribution in [-0.2, 0) is 16.4 Å². The van der Waals surface area contributed by atoms with Gasteiger partial charge in [0.2, 0.25) is 0 Å². The summed E-state index contributed by atoms with van der Waals surface area (Å²) in [6.45, 7) is 2.62. The average molecular weight is 257 g/mol. The maximum atomic E-state index is 11.0. The van der Waals surface area contributed by atoms with Gasteiger partial charge < -0.3 is 11.1 Å². The van der Waals surface area contributed by atoms with Crippen molar-refractivity contribution in [3.63, 3.8) is 0 Å². The minimum Gasteiger partial charge on any atom is -0.383 e. The monoisotopic (exact) mass is 257 g/mol. The van der Waals surface area contributed by atoms with Gasteiger partial charge in [0.15, 0.2) is 5.82 Å². The topological polar surface area (TPSA) is 114 Å². The van der Waals surface area contributed by atoms with E-state index in [-0.39, 0.29) is 23.7 Å². The number of hydrogen-bond donors (Lipinski definition) is 2. The lowest BCUT2D eigenvalue weighted by atomic mass is 10.3. The Morgan fingerprint density at radius 1 is 1.59 bits per heavy atom. The second-order valence-electron chi connectivity index (χ2n) is 3.60. The van der Waals surface area contributed by atoms with Crippen LogP contribution in [0.4, 0.5) is 11.6 Å². The first-order valence-corrected chi connectivity index (χ1v) is 7.13. The summed E-state index contributed by atoms with van der Waals surface area (Å²) in [6, 6.07) is 1.95. The Balaban J connectivity index is 2.98. The zero-order valence-corrected chi connectivity index (χ0v) is 10.6. The largest absolute Gasteiger partial charge is 0.383 e. The molecule has 1 aromatic heterocycles. The van der Waals surface area contributed by atoms with Gasteiger partial charge in [-0.3, -0.25) is 0 Å². The van der Waals surface area contributed by atoms with E-state index in [0.29, 0.717) is 12.4 Å². The molecule has 94 valence electrons. The Bertz CT molecular complexity index is 540. The Morgan fingerprint density at radius 2 is 2.24 bits per heavy atom. The molecule has 7 nitrogen and oxygen atoms in total. The molecule has 0 aliphatic carbocycles. The summed E-state index contributed by atoms with van der Waals surface area (Å²) in [7, 11) is -3.08. The van der Waals surface area contributed by atoms with E-state index in [2.05, 4.69) is 10.4 Å². The zero-order valence-electron chi connectivity index (χ0n) is 9.77. The molecule has 0 amide bonds. The molecule has 0 aliphatic heterocycles. The predicted octanol–water partition coefficient (Wildman–Crippen LogP) is -0.187. The minimum absolute atomic E-state index is 0.0602. The molecule has 0 atom stereocenters. The summed E-state index contributed by atoms with van der Waals surface area (Å²) >= 11 is 0. The number of rotatable bonds is 5. The number of nitrogens with two attached hydrogens (primary N) is 1. The number of aromatic nitrogens is 2. The number of aryl methyl sites for hydroxylation is 1. The number of anilines is 2. The van der Waals surface area contributed by atoms with Crippen molar-refractivity contribution >= 4 is 21.5 Å². The molecule has 8 heteroatoms. The standard InChI is InChI=1S/C9H15N5O2S/c1-3-12-9-7(6-10)8(11)14(13-9)4-5-17(2,15)16/h3-5,11H2,1-2H3,(H,12,13). The highest BCUT2D eigenvalue weighted by atomic mass is 32.2. The van der Waals surface area contributed by atoms with E-state index in [0.717, 1.165) is 6.26 Å². The fraction of sp³-hybridized carbons (Fsp3) is 0.556. The molecule has 1 heterocycles. The Kier molecular flexibility index (Phi) is 3.96. The zero-order chi connectivity index (χ0) is 13.1. The van der Waals surface area contributed by atoms with Gasteiger partial charge in [0.05, 0.1) is 12.3 Å². The van der Waals surface area contributed by atoms with E-state index < -0.39 is 9.84 Å². The van der Waals surface area contributed by atoms with Crippen LogP contribution in [0.1, 0.15) is 12.5 Å². The maximum absolute atomic E-state index is 11.0. The van der Waals surface area contributed by atoms with E-state index in [1.54, 1.807) is 0 Å². The number of nitriles is 1. The summed E-state index contributed by atoms with van der Waals surface area (Å²) in [6.07, 6.45) is 1.14. The van der Waals surface area contributed by atoms with Crippen molar-refractivity contribution in [1.29, 1.82) is 5.26 Å². The van der Waals surface area contributed by atoms with Crippen molar-refractivity contribution in [3.8, 4) is 6.07 Å². The lowest BCUT2D eigenvalue weighted by molar-refractivity contribution is 0.588. The lowest BCUT2D eigenvalue weighted by Gasteiger charge is -2.01. The number of nitrogen functional groups attached to an aromatic ring is 1. The van der Waals surface area contributed by atoms with Crippen molar-refractivity contribution in [2.75, 3.05) is 29.6 Å². The van der Waals surface area contributed by atoms with Gasteiger partial charge in [0.25, 0.3) is 0 Å². The molecule has 0 unspecified atom stereocenters. The van der Waals surface area contributed by atoms with Crippen LogP contribution in [0.15, 0.2) is 0 Å². The van der Waals surface area contributed by atoms with Gasteiger partial charge in [0, 0.05) is 12.8 Å². The van der Waals surface area contributed by atoms with Crippen molar-refractivity contribution < 1.29 is 8.42 Å². The molecule has 0 fully saturated rings. The van der Waals surface area contributed by atoms with Gasteiger partial charge in [-0.15, -0.1) is 0 Å². The molecule has 17 heavy (non-hydrogen) atoms. The number of hydrogen-bond acceptors (Lipinski definition) is 6. The molecule has 0 saturated carbocycles. The van der Waals surface area contributed by atoms with Gasteiger partial charge in [-0.05, 0) is 6.92 Å². The molecular formula is C9H15N5O2S. The molecule has 0 saturated heterocycles. The summed E-state index contributed by atoms with van der Waals surface area (Å²) in [5.41, 5.74) is 5.97. The Morgan fingerprint density at radius 3 is 2.71 bits per heavy atom. The third kappa shape index (κ3) is 3.35. The van der Waals surface area contributed by atoms with Crippen LogP contribution in [-0.4, -0.2) is 36.8 Å². The fourth-order valence-corrected chi connectivity index (χ4v) is 1.80. The van der Waals surface area contributed by atoms with E-state index in [9.17, 15) is 8.42 Å². The second kappa shape index (κ2) is 5.05. The smallest absolute Gasteiger partial charge is 0.168 e. The Hall–Kier alpha value is -1.75. The van der Waals surface area contributed by atoms with E-state index in [1.807, 2.05) is 13.0 Å². The van der Waals surface area contributed by atoms with Crippen molar-refractivity contribution in [2.24, 2.45) is 0 Å². The van der Waals surface area contributed by atoms with Gasteiger partial charge in [-0.1, -0.05) is 0 Å². The van der Waals surface area contributed by atoms with E-state index in [4.69, 9.17) is 11.0 Å². The number of nitrogens with one attached hydrogen (secondary N) is 1. The molecule has 1 rings (SSSR count). The molecule has 1 aromatic rings. The first kappa shape index (κ1) is 13.3. The van der Waals surface area contributed by atoms with Crippen molar-refractivity contribution in [3.05, 3.63) is 5.56 Å². The van der Waals surface area contributed by atoms with Crippen LogP contribution < -0.4 is 11.1 Å². The van der Waals surface area contributed by atoms with Crippen LogP contribution in [0.25, 0.3) is 0 Å². The van der Waals surface area contributed by atoms with E-state index in [1.165, 1.54) is 4.68 Å².